The lowest BCUT2D eigenvalue weighted by molar-refractivity contribution is 0.0303. The number of amides is 1. The zero-order chi connectivity index (χ0) is 19.1. The van der Waals surface area contributed by atoms with E-state index in [2.05, 4.69) is 16.4 Å². The Hall–Kier alpha value is -2.22. The predicted octanol–water partition coefficient (Wildman–Crippen LogP) is 1.51. The van der Waals surface area contributed by atoms with Gasteiger partial charge in [0.1, 0.15) is 0 Å². The van der Waals surface area contributed by atoms with E-state index in [-0.39, 0.29) is 23.9 Å². The SMILES string of the molecule is Cl.O=C(c1ccnc(-c2cc3n(c(=O)c2)C[C@@H]2CNC[C@H]3C2)c1)N1CCOCC1. The summed E-state index contributed by atoms with van der Waals surface area (Å²) in [5.74, 6) is 0.877. The number of carbonyl (C=O) groups is 1. The first kappa shape index (κ1) is 20.1. The van der Waals surface area contributed by atoms with E-state index in [1.54, 1.807) is 29.3 Å². The second kappa shape index (κ2) is 8.26. The van der Waals surface area contributed by atoms with Crippen molar-refractivity contribution in [2.24, 2.45) is 5.92 Å². The van der Waals surface area contributed by atoms with Crippen LogP contribution >= 0.6 is 12.4 Å². The van der Waals surface area contributed by atoms with Gasteiger partial charge >= 0.3 is 0 Å². The number of rotatable bonds is 2. The van der Waals surface area contributed by atoms with Crippen molar-refractivity contribution in [2.45, 2.75) is 18.9 Å². The topological polar surface area (TPSA) is 76.5 Å². The van der Waals surface area contributed by atoms with Crippen LogP contribution < -0.4 is 10.9 Å². The zero-order valence-corrected chi connectivity index (χ0v) is 17.0. The van der Waals surface area contributed by atoms with Gasteiger partial charge in [-0.3, -0.25) is 14.6 Å². The summed E-state index contributed by atoms with van der Waals surface area (Å²) in [5.41, 5.74) is 3.17. The van der Waals surface area contributed by atoms with Crippen LogP contribution in [-0.4, -0.2) is 59.8 Å². The average molecular weight is 417 g/mol. The number of halogens is 1. The maximum absolute atomic E-state index is 12.8. The van der Waals surface area contributed by atoms with E-state index in [0.717, 1.165) is 37.3 Å². The van der Waals surface area contributed by atoms with E-state index < -0.39 is 0 Å². The molecular weight excluding hydrogens is 392 g/mol. The summed E-state index contributed by atoms with van der Waals surface area (Å²) in [4.78, 5) is 31.8. The summed E-state index contributed by atoms with van der Waals surface area (Å²) in [5, 5.41) is 3.48. The summed E-state index contributed by atoms with van der Waals surface area (Å²) in [6.07, 6.45) is 2.77. The highest BCUT2D eigenvalue weighted by molar-refractivity contribution is 5.95. The molecule has 0 aromatic carbocycles. The second-order valence-electron chi connectivity index (χ2n) is 7.91. The average Bonchev–Trinajstić information content (AvgIpc) is 2.75. The number of hydrogen-bond donors (Lipinski definition) is 1. The number of hydrogen-bond acceptors (Lipinski definition) is 5. The molecule has 7 nitrogen and oxygen atoms in total. The van der Waals surface area contributed by atoms with Crippen molar-refractivity contribution in [1.82, 2.24) is 19.8 Å². The van der Waals surface area contributed by atoms with Crippen LogP contribution in [-0.2, 0) is 11.3 Å². The van der Waals surface area contributed by atoms with Crippen molar-refractivity contribution in [3.8, 4) is 11.3 Å². The van der Waals surface area contributed by atoms with Gasteiger partial charge in [-0.2, -0.15) is 0 Å². The van der Waals surface area contributed by atoms with Crippen LogP contribution in [0.15, 0.2) is 35.3 Å². The van der Waals surface area contributed by atoms with Crippen LogP contribution in [0.2, 0.25) is 0 Å². The number of morpholine rings is 1. The molecule has 29 heavy (non-hydrogen) atoms. The Morgan fingerprint density at radius 2 is 2.00 bits per heavy atom. The van der Waals surface area contributed by atoms with Crippen LogP contribution in [0.1, 0.15) is 28.4 Å². The third-order valence-electron chi connectivity index (χ3n) is 6.06. The predicted molar refractivity (Wildman–Crippen MR) is 112 cm³/mol. The first-order valence-electron chi connectivity index (χ1n) is 9.98. The molecule has 0 unspecified atom stereocenters. The van der Waals surface area contributed by atoms with Crippen molar-refractivity contribution < 1.29 is 9.53 Å². The molecule has 154 valence electrons. The molecule has 5 rings (SSSR count). The van der Waals surface area contributed by atoms with Gasteiger partial charge in [0.25, 0.3) is 11.5 Å². The highest BCUT2D eigenvalue weighted by Crippen LogP contribution is 2.33. The van der Waals surface area contributed by atoms with Crippen LogP contribution in [0.25, 0.3) is 11.3 Å². The number of pyridine rings is 2. The first-order valence-corrected chi connectivity index (χ1v) is 9.98. The molecule has 2 aromatic rings. The van der Waals surface area contributed by atoms with Gasteiger partial charge in [0.15, 0.2) is 0 Å². The fraction of sp³-hybridized carbons (Fsp3) is 0.476. The molecule has 0 saturated carbocycles. The molecule has 2 bridgehead atoms. The van der Waals surface area contributed by atoms with Crippen molar-refractivity contribution in [3.05, 3.63) is 52.1 Å². The molecule has 1 N–H and O–H groups in total. The molecule has 1 amide bonds. The molecule has 8 heteroatoms. The van der Waals surface area contributed by atoms with Crippen LogP contribution in [0, 0.1) is 5.92 Å². The smallest absolute Gasteiger partial charge is 0.254 e. The number of piperidine rings is 1. The quantitative estimate of drug-likeness (QED) is 0.803. The number of nitrogens with one attached hydrogen (secondary N) is 1. The summed E-state index contributed by atoms with van der Waals surface area (Å²) in [6.45, 7) is 5.02. The van der Waals surface area contributed by atoms with E-state index in [0.29, 0.717) is 49.4 Å². The second-order valence-corrected chi connectivity index (χ2v) is 7.91. The van der Waals surface area contributed by atoms with Gasteiger partial charge < -0.3 is 19.5 Å². The molecule has 5 heterocycles. The molecule has 0 aliphatic carbocycles. The van der Waals surface area contributed by atoms with Crippen molar-refractivity contribution in [2.75, 3.05) is 39.4 Å². The van der Waals surface area contributed by atoms with Crippen LogP contribution in [0.4, 0.5) is 0 Å². The normalized spacial score (nSPS) is 23.1. The summed E-state index contributed by atoms with van der Waals surface area (Å²) in [7, 11) is 0. The van der Waals surface area contributed by atoms with Crippen LogP contribution in [0.5, 0.6) is 0 Å². The summed E-state index contributed by atoms with van der Waals surface area (Å²) in [6, 6.07) is 7.28. The Kier molecular flexibility index (Phi) is 5.72. The number of nitrogens with zero attached hydrogens (tertiary/aromatic N) is 3. The van der Waals surface area contributed by atoms with E-state index in [9.17, 15) is 9.59 Å². The van der Waals surface area contributed by atoms with Crippen molar-refractivity contribution >= 4 is 18.3 Å². The molecule has 3 aliphatic rings. The van der Waals surface area contributed by atoms with Gasteiger partial charge in [-0.25, -0.2) is 0 Å². The molecule has 0 radical (unpaired) electrons. The van der Waals surface area contributed by atoms with E-state index >= 15 is 0 Å². The monoisotopic (exact) mass is 416 g/mol. The van der Waals surface area contributed by atoms with Gasteiger partial charge in [-0.1, -0.05) is 0 Å². The number of aromatic nitrogens is 2. The van der Waals surface area contributed by atoms with Gasteiger partial charge in [0.2, 0.25) is 0 Å². The molecular formula is C21H25ClN4O3. The molecule has 0 spiro atoms. The molecule has 2 aromatic heterocycles. The first-order chi connectivity index (χ1) is 13.7. The van der Waals surface area contributed by atoms with Crippen LogP contribution in [0.3, 0.4) is 0 Å². The number of ether oxygens (including phenoxy) is 1. The highest BCUT2D eigenvalue weighted by atomic mass is 35.5. The van der Waals surface area contributed by atoms with Gasteiger partial charge in [0, 0.05) is 61.2 Å². The summed E-state index contributed by atoms with van der Waals surface area (Å²) < 4.78 is 7.25. The Bertz CT molecular complexity index is 971. The van der Waals surface area contributed by atoms with E-state index in [4.69, 9.17) is 4.74 Å². The number of carbonyl (C=O) groups excluding carboxylic acids is 1. The lowest BCUT2D eigenvalue weighted by atomic mass is 9.83. The summed E-state index contributed by atoms with van der Waals surface area (Å²) >= 11 is 0. The molecule has 3 aliphatic heterocycles. The maximum atomic E-state index is 12.8. The Morgan fingerprint density at radius 1 is 1.17 bits per heavy atom. The molecule has 2 saturated heterocycles. The minimum absolute atomic E-state index is 0. The third kappa shape index (κ3) is 3.82. The van der Waals surface area contributed by atoms with Gasteiger partial charge in [-0.05, 0) is 37.1 Å². The van der Waals surface area contributed by atoms with Gasteiger partial charge in [0.05, 0.1) is 18.9 Å². The Balaban J connectivity index is 0.00000205. The maximum Gasteiger partial charge on any atom is 0.254 e. The highest BCUT2D eigenvalue weighted by Gasteiger charge is 2.31. The van der Waals surface area contributed by atoms with Crippen molar-refractivity contribution in [3.63, 3.8) is 0 Å². The van der Waals surface area contributed by atoms with Crippen molar-refractivity contribution in [1.29, 1.82) is 0 Å². The van der Waals surface area contributed by atoms with E-state index in [1.807, 2.05) is 4.57 Å². The lowest BCUT2D eigenvalue weighted by Crippen LogP contribution is -2.44. The third-order valence-corrected chi connectivity index (χ3v) is 6.06. The molecule has 2 atom stereocenters. The number of fused-ring (bicyclic) bond motifs is 4. The largest absolute Gasteiger partial charge is 0.378 e. The minimum Gasteiger partial charge on any atom is -0.378 e. The standard InChI is InChI=1S/C21H24N4O3.ClH/c26-20-10-16(9-19-17-7-14(11-22-12-17)13-25(19)20)18-8-15(1-2-23-18)21(27)24-3-5-28-6-4-24;/h1-2,8-10,14,17,22H,3-7,11-13H2;1H/t14-,17+;/m0./s1. The Morgan fingerprint density at radius 3 is 2.83 bits per heavy atom. The van der Waals surface area contributed by atoms with Gasteiger partial charge in [-0.15, -0.1) is 12.4 Å². The Labute approximate surface area is 175 Å². The van der Waals surface area contributed by atoms with E-state index in [1.165, 1.54) is 0 Å². The molecule has 2 fully saturated rings. The fourth-order valence-corrected chi connectivity index (χ4v) is 4.62. The fourth-order valence-electron chi connectivity index (χ4n) is 4.62. The lowest BCUT2D eigenvalue weighted by Gasteiger charge is -2.37. The minimum atomic E-state index is -0.0130. The zero-order valence-electron chi connectivity index (χ0n) is 16.2.